The van der Waals surface area contributed by atoms with Crippen molar-refractivity contribution in [2.45, 2.75) is 24.7 Å². The highest BCUT2D eigenvalue weighted by molar-refractivity contribution is 7.89. The Balaban J connectivity index is 1.87. The summed E-state index contributed by atoms with van der Waals surface area (Å²) >= 11 is 0. The van der Waals surface area contributed by atoms with Crippen LogP contribution in [0.2, 0.25) is 0 Å². The first-order valence-electron chi connectivity index (χ1n) is 7.80. The number of nitrogens with zero attached hydrogens (tertiary/aromatic N) is 1. The van der Waals surface area contributed by atoms with Gasteiger partial charge in [-0.2, -0.15) is 0 Å². The Morgan fingerprint density at radius 3 is 2.26 bits per heavy atom. The lowest BCUT2D eigenvalue weighted by molar-refractivity contribution is 0.377. The first-order chi connectivity index (χ1) is 11.0. The summed E-state index contributed by atoms with van der Waals surface area (Å²) in [6.45, 7) is 4.54. The van der Waals surface area contributed by atoms with Gasteiger partial charge in [0, 0.05) is 18.7 Å². The molecule has 2 aromatic rings. The Hall–Kier alpha value is -2.07. The molecule has 1 aliphatic heterocycles. The summed E-state index contributed by atoms with van der Waals surface area (Å²) in [7, 11) is -3.47. The predicted molar refractivity (Wildman–Crippen MR) is 92.6 cm³/mol. The van der Waals surface area contributed by atoms with Crippen LogP contribution in [-0.4, -0.2) is 19.3 Å². The Morgan fingerprint density at radius 2 is 1.65 bits per heavy atom. The third-order valence-electron chi connectivity index (χ3n) is 4.35. The average Bonchev–Trinajstić information content (AvgIpc) is 2.56. The van der Waals surface area contributed by atoms with Gasteiger partial charge in [-0.15, -0.1) is 0 Å². The van der Waals surface area contributed by atoms with Gasteiger partial charge in [0.1, 0.15) is 0 Å². The van der Waals surface area contributed by atoms with Crippen LogP contribution in [0.15, 0.2) is 71.8 Å². The molecule has 0 radical (unpaired) electrons. The molecule has 3 rings (SSSR count). The lowest BCUT2D eigenvalue weighted by Gasteiger charge is -2.32. The van der Waals surface area contributed by atoms with Gasteiger partial charge in [0.2, 0.25) is 0 Å². The van der Waals surface area contributed by atoms with Crippen molar-refractivity contribution < 1.29 is 8.42 Å². The zero-order chi connectivity index (χ0) is 16.4. The van der Waals surface area contributed by atoms with Crippen LogP contribution in [0.3, 0.4) is 0 Å². The number of hydrogen-bond donors (Lipinski definition) is 0. The summed E-state index contributed by atoms with van der Waals surface area (Å²) in [4.78, 5) is 0.345. The fourth-order valence-corrected chi connectivity index (χ4v) is 4.39. The Morgan fingerprint density at radius 1 is 1.00 bits per heavy atom. The van der Waals surface area contributed by atoms with E-state index in [4.69, 9.17) is 0 Å². The topological polar surface area (TPSA) is 37.4 Å². The molecule has 2 atom stereocenters. The molecule has 0 aromatic heterocycles. The average molecular weight is 327 g/mol. The summed E-state index contributed by atoms with van der Waals surface area (Å²) in [6, 6.07) is 17.2. The molecule has 2 aromatic carbocycles. The second-order valence-corrected chi connectivity index (χ2v) is 8.03. The minimum Gasteiger partial charge on any atom is -0.273 e. The van der Waals surface area contributed by atoms with Crippen LogP contribution in [0.5, 0.6) is 0 Å². The van der Waals surface area contributed by atoms with Crippen molar-refractivity contribution in [3.05, 3.63) is 78.0 Å². The molecule has 0 spiro atoms. The SMILES string of the molecule is Cc1ccc(S(=O)(=O)N2C=C[C@H](c3ccccc3)[C@H](C)C2)cc1. The lowest BCUT2D eigenvalue weighted by Crippen LogP contribution is -2.35. The monoisotopic (exact) mass is 327 g/mol. The van der Waals surface area contributed by atoms with Crippen molar-refractivity contribution in [2.75, 3.05) is 6.54 Å². The molecule has 0 N–H and O–H groups in total. The van der Waals surface area contributed by atoms with Crippen molar-refractivity contribution in [1.29, 1.82) is 0 Å². The van der Waals surface area contributed by atoms with E-state index in [-0.39, 0.29) is 11.8 Å². The van der Waals surface area contributed by atoms with Gasteiger partial charge in [0.15, 0.2) is 0 Å². The summed E-state index contributed by atoms with van der Waals surface area (Å²) in [5, 5.41) is 0. The van der Waals surface area contributed by atoms with Gasteiger partial charge in [0.05, 0.1) is 4.90 Å². The van der Waals surface area contributed by atoms with Crippen LogP contribution in [-0.2, 0) is 10.0 Å². The first-order valence-corrected chi connectivity index (χ1v) is 9.24. The third kappa shape index (κ3) is 3.17. The minimum atomic E-state index is -3.47. The van der Waals surface area contributed by atoms with E-state index in [0.29, 0.717) is 11.4 Å². The van der Waals surface area contributed by atoms with Crippen LogP contribution < -0.4 is 0 Å². The summed E-state index contributed by atoms with van der Waals surface area (Å²) in [5.74, 6) is 0.475. The van der Waals surface area contributed by atoms with Crippen molar-refractivity contribution in [2.24, 2.45) is 5.92 Å². The van der Waals surface area contributed by atoms with Crippen LogP contribution in [0, 0.1) is 12.8 Å². The van der Waals surface area contributed by atoms with Gasteiger partial charge in [-0.25, -0.2) is 8.42 Å². The molecule has 0 aliphatic carbocycles. The second kappa shape index (κ2) is 6.20. The lowest BCUT2D eigenvalue weighted by atomic mass is 9.86. The van der Waals surface area contributed by atoms with Gasteiger partial charge in [-0.05, 0) is 30.5 Å². The summed E-state index contributed by atoms with van der Waals surface area (Å²) < 4.78 is 27.0. The van der Waals surface area contributed by atoms with Gasteiger partial charge in [-0.1, -0.05) is 61.0 Å². The molecular formula is C19H21NO2S. The second-order valence-electron chi connectivity index (χ2n) is 6.14. The maximum Gasteiger partial charge on any atom is 0.263 e. The van der Waals surface area contributed by atoms with Gasteiger partial charge in [0.25, 0.3) is 10.0 Å². The van der Waals surface area contributed by atoms with Gasteiger partial charge >= 0.3 is 0 Å². The molecule has 3 nitrogen and oxygen atoms in total. The molecule has 23 heavy (non-hydrogen) atoms. The molecule has 0 bridgehead atoms. The Bertz CT molecular complexity index is 795. The standard InChI is InChI=1S/C19H21NO2S/c1-15-8-10-18(11-9-15)23(21,22)20-13-12-19(16(2)14-20)17-6-4-3-5-7-17/h3-13,16,19H,14H2,1-2H3/t16-,19+/m1/s1. The normalized spacial score (nSPS) is 21.4. The molecule has 120 valence electrons. The van der Waals surface area contributed by atoms with E-state index in [1.54, 1.807) is 18.3 Å². The van der Waals surface area contributed by atoms with Crippen molar-refractivity contribution in [3.63, 3.8) is 0 Å². The quantitative estimate of drug-likeness (QED) is 0.856. The first kappa shape index (κ1) is 15.8. The molecule has 0 unspecified atom stereocenters. The van der Waals surface area contributed by atoms with Crippen molar-refractivity contribution in [3.8, 4) is 0 Å². The molecule has 0 saturated carbocycles. The smallest absolute Gasteiger partial charge is 0.263 e. The largest absolute Gasteiger partial charge is 0.273 e. The number of benzene rings is 2. The van der Waals surface area contributed by atoms with Crippen LogP contribution in [0.25, 0.3) is 0 Å². The van der Waals surface area contributed by atoms with E-state index in [2.05, 4.69) is 19.1 Å². The number of hydrogen-bond acceptors (Lipinski definition) is 2. The van der Waals surface area contributed by atoms with Crippen molar-refractivity contribution >= 4 is 10.0 Å². The number of rotatable bonds is 3. The van der Waals surface area contributed by atoms with Gasteiger partial charge in [-0.3, -0.25) is 4.31 Å². The maximum absolute atomic E-state index is 12.8. The Kier molecular flexibility index (Phi) is 4.26. The fraction of sp³-hybridized carbons (Fsp3) is 0.263. The van der Waals surface area contributed by atoms with E-state index in [0.717, 1.165) is 5.56 Å². The zero-order valence-electron chi connectivity index (χ0n) is 13.4. The molecular weight excluding hydrogens is 306 g/mol. The molecule has 1 heterocycles. The highest BCUT2D eigenvalue weighted by atomic mass is 32.2. The van der Waals surface area contributed by atoms with Gasteiger partial charge < -0.3 is 0 Å². The van der Waals surface area contributed by atoms with Crippen LogP contribution >= 0.6 is 0 Å². The van der Waals surface area contributed by atoms with E-state index < -0.39 is 10.0 Å². The number of sulfonamides is 1. The molecule has 0 saturated heterocycles. The molecule has 4 heteroatoms. The fourth-order valence-electron chi connectivity index (χ4n) is 2.98. The maximum atomic E-state index is 12.8. The van der Waals surface area contributed by atoms with E-state index in [9.17, 15) is 8.42 Å². The minimum absolute atomic E-state index is 0.225. The molecule has 0 amide bonds. The Labute approximate surface area is 138 Å². The zero-order valence-corrected chi connectivity index (χ0v) is 14.2. The summed E-state index contributed by atoms with van der Waals surface area (Å²) in [5.41, 5.74) is 2.28. The number of allylic oxidation sites excluding steroid dienone is 1. The van der Waals surface area contributed by atoms with Crippen molar-refractivity contribution in [1.82, 2.24) is 4.31 Å². The molecule has 0 fully saturated rings. The van der Waals surface area contributed by atoms with E-state index in [1.807, 2.05) is 43.3 Å². The highest BCUT2D eigenvalue weighted by Gasteiger charge is 2.29. The molecule has 1 aliphatic rings. The van der Waals surface area contributed by atoms with E-state index >= 15 is 0 Å². The van der Waals surface area contributed by atoms with E-state index in [1.165, 1.54) is 9.87 Å². The highest BCUT2D eigenvalue weighted by Crippen LogP contribution is 2.32. The third-order valence-corrected chi connectivity index (χ3v) is 6.11. The van der Waals surface area contributed by atoms with Crippen LogP contribution in [0.1, 0.15) is 24.0 Å². The summed E-state index contributed by atoms with van der Waals surface area (Å²) in [6.07, 6.45) is 3.71. The van der Waals surface area contributed by atoms with Crippen LogP contribution in [0.4, 0.5) is 0 Å². The number of aryl methyl sites for hydroxylation is 1. The predicted octanol–water partition coefficient (Wildman–Crippen LogP) is 3.93.